The molecule has 3 rings (SSSR count). The number of nitrogens with zero attached hydrogens (tertiary/aromatic N) is 4. The smallest absolute Gasteiger partial charge is 0.155 e. The van der Waals surface area contributed by atoms with Gasteiger partial charge < -0.3 is 5.32 Å². The van der Waals surface area contributed by atoms with Crippen LogP contribution in [0.2, 0.25) is 0 Å². The molecule has 1 N–H and O–H groups in total. The summed E-state index contributed by atoms with van der Waals surface area (Å²) >= 11 is 0. The lowest BCUT2D eigenvalue weighted by molar-refractivity contribution is 0.624. The summed E-state index contributed by atoms with van der Waals surface area (Å²) < 4.78 is 12.9. The molecule has 0 unspecified atom stereocenters. The molecule has 0 spiro atoms. The third-order valence-electron chi connectivity index (χ3n) is 3.16. The average Bonchev–Trinajstić information content (AvgIpc) is 2.96. The van der Waals surface area contributed by atoms with Crippen LogP contribution >= 0.6 is 0 Å². The molecule has 2 aromatic heterocycles. The second-order valence-corrected chi connectivity index (χ2v) is 6.21. The maximum Gasteiger partial charge on any atom is 0.155 e. The summed E-state index contributed by atoms with van der Waals surface area (Å²) in [4.78, 5) is 8.23. The molecule has 3 heterocycles. The predicted octanol–water partition coefficient (Wildman–Crippen LogP) is 0.985. The first-order chi connectivity index (χ1) is 9.31. The molecule has 1 saturated heterocycles. The van der Waals surface area contributed by atoms with Crippen molar-refractivity contribution in [3.63, 3.8) is 0 Å². The van der Waals surface area contributed by atoms with E-state index in [-0.39, 0.29) is 0 Å². The first-order valence-electron chi connectivity index (χ1n) is 6.24. The second kappa shape index (κ2) is 5.48. The summed E-state index contributed by atoms with van der Waals surface area (Å²) in [6.07, 6.45) is 6.80. The Morgan fingerprint density at radius 2 is 2.16 bits per heavy atom. The summed E-state index contributed by atoms with van der Waals surface area (Å²) in [5.41, 5.74) is 0.988. The van der Waals surface area contributed by atoms with Crippen LogP contribution in [0.5, 0.6) is 0 Å². The van der Waals surface area contributed by atoms with E-state index in [0.29, 0.717) is 6.04 Å². The van der Waals surface area contributed by atoms with Crippen LogP contribution in [0, 0.1) is 0 Å². The highest BCUT2D eigenvalue weighted by molar-refractivity contribution is 7.85. The van der Waals surface area contributed by atoms with Crippen molar-refractivity contribution in [3.8, 4) is 5.82 Å². The van der Waals surface area contributed by atoms with Crippen molar-refractivity contribution in [2.45, 2.75) is 18.9 Å². The van der Waals surface area contributed by atoms with Gasteiger partial charge >= 0.3 is 0 Å². The van der Waals surface area contributed by atoms with Crippen LogP contribution < -0.4 is 5.32 Å². The Morgan fingerprint density at radius 3 is 2.79 bits per heavy atom. The molecule has 6 nitrogen and oxygen atoms in total. The van der Waals surface area contributed by atoms with Gasteiger partial charge in [0.05, 0.1) is 11.9 Å². The SMILES string of the molecule is O=S1CCC(Nc2ccc(-n3cncn3)nc2)CC1. The van der Waals surface area contributed by atoms with E-state index in [1.165, 1.54) is 6.33 Å². The average molecular weight is 277 g/mol. The van der Waals surface area contributed by atoms with Crippen molar-refractivity contribution in [1.82, 2.24) is 19.7 Å². The minimum Gasteiger partial charge on any atom is -0.381 e. The molecule has 19 heavy (non-hydrogen) atoms. The molecular formula is C12H15N5OS. The minimum absolute atomic E-state index is 0.400. The molecule has 1 aliphatic rings. The van der Waals surface area contributed by atoms with Crippen LogP contribution in [-0.4, -0.2) is 41.5 Å². The van der Waals surface area contributed by atoms with Crippen LogP contribution in [0.4, 0.5) is 5.69 Å². The van der Waals surface area contributed by atoms with E-state index in [9.17, 15) is 4.21 Å². The third kappa shape index (κ3) is 2.98. The first-order valence-corrected chi connectivity index (χ1v) is 7.72. The summed E-state index contributed by atoms with van der Waals surface area (Å²) in [6.45, 7) is 0. The molecular weight excluding hydrogens is 262 g/mol. The third-order valence-corrected chi connectivity index (χ3v) is 4.54. The fourth-order valence-corrected chi connectivity index (χ4v) is 3.41. The highest BCUT2D eigenvalue weighted by Crippen LogP contribution is 2.16. The van der Waals surface area contributed by atoms with Gasteiger partial charge in [0.2, 0.25) is 0 Å². The van der Waals surface area contributed by atoms with Gasteiger partial charge in [-0.25, -0.2) is 14.6 Å². The molecule has 0 aliphatic carbocycles. The van der Waals surface area contributed by atoms with E-state index in [1.54, 1.807) is 17.2 Å². The lowest BCUT2D eigenvalue weighted by Gasteiger charge is -2.23. The van der Waals surface area contributed by atoms with Crippen molar-refractivity contribution in [2.75, 3.05) is 16.8 Å². The van der Waals surface area contributed by atoms with Gasteiger partial charge in [-0.1, -0.05) is 0 Å². The van der Waals surface area contributed by atoms with Gasteiger partial charge in [0.1, 0.15) is 12.7 Å². The fraction of sp³-hybridized carbons (Fsp3) is 0.417. The molecule has 0 radical (unpaired) electrons. The fourth-order valence-electron chi connectivity index (χ4n) is 2.11. The summed E-state index contributed by atoms with van der Waals surface area (Å²) in [6, 6.07) is 4.28. The van der Waals surface area contributed by atoms with Gasteiger partial charge in [0, 0.05) is 28.3 Å². The molecule has 0 saturated carbocycles. The Labute approximate surface area is 113 Å². The van der Waals surface area contributed by atoms with Gasteiger partial charge in [0.15, 0.2) is 5.82 Å². The van der Waals surface area contributed by atoms with Crippen LogP contribution in [0.3, 0.4) is 0 Å². The van der Waals surface area contributed by atoms with Crippen molar-refractivity contribution in [2.24, 2.45) is 0 Å². The van der Waals surface area contributed by atoms with Gasteiger partial charge in [-0.05, 0) is 25.0 Å². The van der Waals surface area contributed by atoms with Gasteiger partial charge in [-0.2, -0.15) is 5.10 Å². The van der Waals surface area contributed by atoms with Crippen LogP contribution in [0.25, 0.3) is 5.82 Å². The van der Waals surface area contributed by atoms with Crippen LogP contribution in [0.15, 0.2) is 31.0 Å². The number of anilines is 1. The molecule has 0 amide bonds. The summed E-state index contributed by atoms with van der Waals surface area (Å²) in [5.74, 6) is 2.33. The van der Waals surface area contributed by atoms with E-state index in [4.69, 9.17) is 0 Å². The van der Waals surface area contributed by atoms with Crippen molar-refractivity contribution in [3.05, 3.63) is 31.0 Å². The topological polar surface area (TPSA) is 72.7 Å². The summed E-state index contributed by atoms with van der Waals surface area (Å²) in [5, 5.41) is 7.46. The number of aromatic nitrogens is 4. The van der Waals surface area contributed by atoms with Crippen LogP contribution in [-0.2, 0) is 10.8 Å². The molecule has 7 heteroatoms. The zero-order valence-electron chi connectivity index (χ0n) is 10.4. The predicted molar refractivity (Wildman–Crippen MR) is 73.7 cm³/mol. The number of hydrogen-bond donors (Lipinski definition) is 1. The van der Waals surface area contributed by atoms with Gasteiger partial charge in [0.25, 0.3) is 0 Å². The Hall–Kier alpha value is -1.76. The van der Waals surface area contributed by atoms with E-state index >= 15 is 0 Å². The Kier molecular flexibility index (Phi) is 3.54. The largest absolute Gasteiger partial charge is 0.381 e. The first kappa shape index (κ1) is 12.3. The van der Waals surface area contributed by atoms with E-state index in [1.807, 2.05) is 12.1 Å². The molecule has 0 bridgehead atoms. The number of pyridine rings is 1. The molecule has 1 fully saturated rings. The van der Waals surface area contributed by atoms with Gasteiger partial charge in [-0.3, -0.25) is 4.21 Å². The standard InChI is InChI=1S/C12H15N5OS/c18-19-5-3-10(4-6-19)16-11-1-2-12(14-7-11)17-9-13-8-15-17/h1-2,7-10,16H,3-6H2. The normalized spacial score (nSPS) is 23.2. The molecule has 2 aromatic rings. The molecule has 0 aromatic carbocycles. The molecule has 100 valence electrons. The highest BCUT2D eigenvalue weighted by atomic mass is 32.2. The monoisotopic (exact) mass is 277 g/mol. The Morgan fingerprint density at radius 1 is 1.32 bits per heavy atom. The van der Waals surface area contributed by atoms with E-state index in [0.717, 1.165) is 35.9 Å². The van der Waals surface area contributed by atoms with Crippen molar-refractivity contribution >= 4 is 16.5 Å². The zero-order valence-corrected chi connectivity index (χ0v) is 11.2. The van der Waals surface area contributed by atoms with E-state index in [2.05, 4.69) is 20.4 Å². The number of rotatable bonds is 3. The summed E-state index contributed by atoms with van der Waals surface area (Å²) in [7, 11) is -0.617. The lowest BCUT2D eigenvalue weighted by Crippen LogP contribution is -2.29. The lowest BCUT2D eigenvalue weighted by atomic mass is 10.1. The maximum atomic E-state index is 11.3. The zero-order chi connectivity index (χ0) is 13.1. The van der Waals surface area contributed by atoms with Crippen molar-refractivity contribution < 1.29 is 4.21 Å². The Bertz CT molecular complexity index is 544. The number of nitrogens with one attached hydrogen (secondary N) is 1. The maximum absolute atomic E-state index is 11.3. The minimum atomic E-state index is -0.617. The highest BCUT2D eigenvalue weighted by Gasteiger charge is 2.17. The van der Waals surface area contributed by atoms with Gasteiger partial charge in [-0.15, -0.1) is 0 Å². The molecule has 0 atom stereocenters. The molecule has 1 aliphatic heterocycles. The van der Waals surface area contributed by atoms with Crippen LogP contribution in [0.1, 0.15) is 12.8 Å². The number of hydrogen-bond acceptors (Lipinski definition) is 5. The second-order valence-electron chi connectivity index (χ2n) is 4.51. The Balaban J connectivity index is 1.65. The van der Waals surface area contributed by atoms with E-state index < -0.39 is 10.8 Å². The van der Waals surface area contributed by atoms with Crippen molar-refractivity contribution in [1.29, 1.82) is 0 Å². The quantitative estimate of drug-likeness (QED) is 0.905.